The maximum atomic E-state index is 10.7. The fourth-order valence-electron chi connectivity index (χ4n) is 3.49. The summed E-state index contributed by atoms with van der Waals surface area (Å²) in [6.07, 6.45) is 0.967. The molecule has 10 nitrogen and oxygen atoms in total. The van der Waals surface area contributed by atoms with Crippen molar-refractivity contribution in [3.63, 3.8) is 0 Å². The van der Waals surface area contributed by atoms with Crippen LogP contribution in [0.25, 0.3) is 0 Å². The fraction of sp³-hybridized carbons (Fsp3) is 0.571. The minimum atomic E-state index is -0.788. The van der Waals surface area contributed by atoms with Gasteiger partial charge in [-0.05, 0) is 31.0 Å². The van der Waals surface area contributed by atoms with Crippen molar-refractivity contribution in [1.82, 2.24) is 25.4 Å². The number of hydrogen-bond acceptors (Lipinski definition) is 7. The van der Waals surface area contributed by atoms with E-state index >= 15 is 0 Å². The number of aliphatic imine (C=N–C) groups is 1. The summed E-state index contributed by atoms with van der Waals surface area (Å²) in [5.41, 5.74) is 0.686. The number of guanidine groups is 1. The molecule has 1 aliphatic heterocycles. The molecule has 3 N–H and O–H groups in total. The van der Waals surface area contributed by atoms with Crippen molar-refractivity contribution in [2.24, 2.45) is 4.99 Å². The van der Waals surface area contributed by atoms with Gasteiger partial charge in [-0.3, -0.25) is 4.99 Å². The summed E-state index contributed by atoms with van der Waals surface area (Å²) in [6, 6.07) is 5.50. The molecule has 1 aromatic carbocycles. The second-order valence-corrected chi connectivity index (χ2v) is 7.32. The molecule has 2 heterocycles. The molecule has 32 heavy (non-hydrogen) atoms. The van der Waals surface area contributed by atoms with E-state index in [2.05, 4.69) is 25.7 Å². The molecule has 0 aliphatic carbocycles. The number of hydrogen-bond donors (Lipinski definition) is 3. The molecule has 0 bridgehead atoms. The van der Waals surface area contributed by atoms with Crippen molar-refractivity contribution in [2.45, 2.75) is 45.1 Å². The van der Waals surface area contributed by atoms with Crippen molar-refractivity contribution < 1.29 is 19.3 Å². The summed E-state index contributed by atoms with van der Waals surface area (Å²) in [5, 5.41) is 21.9. The van der Waals surface area contributed by atoms with Crippen molar-refractivity contribution in [3.05, 3.63) is 35.4 Å². The highest BCUT2D eigenvalue weighted by molar-refractivity contribution is 14.0. The van der Waals surface area contributed by atoms with Crippen molar-refractivity contribution in [3.8, 4) is 11.5 Å². The number of nitrogens with zero attached hydrogens (tertiary/aromatic N) is 4. The van der Waals surface area contributed by atoms with E-state index in [1.807, 2.05) is 11.6 Å². The Hall–Kier alpha value is -2.12. The van der Waals surface area contributed by atoms with E-state index < -0.39 is 6.10 Å². The number of nitrogens with one attached hydrogen (secondary N) is 2. The highest BCUT2D eigenvalue weighted by Gasteiger charge is 2.22. The van der Waals surface area contributed by atoms with Gasteiger partial charge in [0.1, 0.15) is 23.9 Å². The smallest absolute Gasteiger partial charge is 0.191 e. The van der Waals surface area contributed by atoms with E-state index in [1.165, 1.54) is 0 Å². The van der Waals surface area contributed by atoms with Crippen LogP contribution in [0.5, 0.6) is 11.5 Å². The van der Waals surface area contributed by atoms with Crippen LogP contribution in [0.3, 0.4) is 0 Å². The number of benzene rings is 1. The number of methoxy groups -OCH3 is 3. The van der Waals surface area contributed by atoms with E-state index in [9.17, 15) is 5.11 Å². The van der Waals surface area contributed by atoms with Gasteiger partial charge in [0.15, 0.2) is 11.8 Å². The molecule has 2 unspecified atom stereocenters. The number of aliphatic hydroxyl groups is 1. The average Bonchev–Trinajstić information content (AvgIpc) is 3.18. The highest BCUT2D eigenvalue weighted by Crippen LogP contribution is 2.26. The Morgan fingerprint density at radius 1 is 1.25 bits per heavy atom. The van der Waals surface area contributed by atoms with Crippen molar-refractivity contribution in [2.75, 3.05) is 34.4 Å². The van der Waals surface area contributed by atoms with Gasteiger partial charge in [-0.25, -0.2) is 9.67 Å². The van der Waals surface area contributed by atoms with E-state index in [0.29, 0.717) is 48.5 Å². The number of aromatic nitrogens is 3. The third-order valence-corrected chi connectivity index (χ3v) is 5.04. The lowest BCUT2D eigenvalue weighted by Gasteiger charge is -2.25. The van der Waals surface area contributed by atoms with Gasteiger partial charge in [0.05, 0.1) is 33.4 Å². The summed E-state index contributed by atoms with van der Waals surface area (Å²) < 4.78 is 17.6. The lowest BCUT2D eigenvalue weighted by atomic mass is 10.1. The summed E-state index contributed by atoms with van der Waals surface area (Å²) in [7, 11) is 4.80. The van der Waals surface area contributed by atoms with Crippen LogP contribution >= 0.6 is 24.0 Å². The van der Waals surface area contributed by atoms with E-state index in [1.54, 1.807) is 39.5 Å². The first-order chi connectivity index (χ1) is 15.1. The van der Waals surface area contributed by atoms with Crippen LogP contribution in [0.1, 0.15) is 36.7 Å². The molecule has 11 heteroatoms. The van der Waals surface area contributed by atoms with E-state index in [0.717, 1.165) is 18.7 Å². The Bertz CT molecular complexity index is 869. The zero-order chi connectivity index (χ0) is 22.2. The van der Waals surface area contributed by atoms with Crippen LogP contribution in [0, 0.1) is 0 Å². The standard InChI is InChI=1S/C21H32N6O4.HI/c1-5-22-21(23-11-18(28)14-8-16(30-3)10-17(9-14)31-4)24-15-6-7-20-25-19(13-29-2)26-27(20)12-15;/h8-10,15,18,28H,5-7,11-13H2,1-4H3,(H2,22,23,24);1H. The average molecular weight is 560 g/mol. The third-order valence-electron chi connectivity index (χ3n) is 5.04. The quantitative estimate of drug-likeness (QED) is 0.241. The lowest BCUT2D eigenvalue weighted by Crippen LogP contribution is -2.47. The Morgan fingerprint density at radius 3 is 2.59 bits per heavy atom. The Balaban J connectivity index is 0.00000363. The molecular weight excluding hydrogens is 527 g/mol. The molecular formula is C21H33IN6O4. The molecule has 1 aliphatic rings. The number of ether oxygens (including phenoxy) is 3. The first kappa shape index (κ1) is 26.1. The molecule has 178 valence electrons. The minimum absolute atomic E-state index is 0. The maximum Gasteiger partial charge on any atom is 0.191 e. The Kier molecular flexibility index (Phi) is 10.5. The van der Waals surface area contributed by atoms with Crippen LogP contribution in [0.2, 0.25) is 0 Å². The summed E-state index contributed by atoms with van der Waals surface area (Å²) >= 11 is 0. The topological polar surface area (TPSA) is 115 Å². The monoisotopic (exact) mass is 560 g/mol. The summed E-state index contributed by atoms with van der Waals surface area (Å²) in [6.45, 7) is 4.04. The maximum absolute atomic E-state index is 10.7. The van der Waals surface area contributed by atoms with Gasteiger partial charge in [-0.2, -0.15) is 5.10 Å². The lowest BCUT2D eigenvalue weighted by molar-refractivity contribution is 0.177. The number of aryl methyl sites for hydroxylation is 1. The number of aliphatic hydroxyl groups excluding tert-OH is 1. The fourth-order valence-corrected chi connectivity index (χ4v) is 3.49. The summed E-state index contributed by atoms with van der Waals surface area (Å²) in [4.78, 5) is 9.09. The molecule has 0 saturated carbocycles. The number of fused-ring (bicyclic) bond motifs is 1. The van der Waals surface area contributed by atoms with Crippen LogP contribution in [0.15, 0.2) is 23.2 Å². The Labute approximate surface area is 205 Å². The SMILES string of the molecule is CCNC(=NCC(O)c1cc(OC)cc(OC)c1)NC1CCc2nc(COC)nn2C1.I. The van der Waals surface area contributed by atoms with E-state index in [-0.39, 0.29) is 36.6 Å². The predicted molar refractivity (Wildman–Crippen MR) is 132 cm³/mol. The number of rotatable bonds is 9. The number of halogens is 1. The molecule has 0 fully saturated rings. The minimum Gasteiger partial charge on any atom is -0.497 e. The largest absolute Gasteiger partial charge is 0.497 e. The molecule has 0 saturated heterocycles. The van der Waals surface area contributed by atoms with Crippen LogP contribution in [-0.2, 0) is 24.3 Å². The van der Waals surface area contributed by atoms with Crippen molar-refractivity contribution >= 4 is 29.9 Å². The van der Waals surface area contributed by atoms with Gasteiger partial charge < -0.3 is 30.0 Å². The molecule has 0 radical (unpaired) electrons. The first-order valence-corrected chi connectivity index (χ1v) is 10.4. The second-order valence-electron chi connectivity index (χ2n) is 7.32. The zero-order valence-corrected chi connectivity index (χ0v) is 21.3. The van der Waals surface area contributed by atoms with Gasteiger partial charge in [-0.1, -0.05) is 0 Å². The zero-order valence-electron chi connectivity index (χ0n) is 19.0. The molecule has 0 amide bonds. The highest BCUT2D eigenvalue weighted by atomic mass is 127. The van der Waals surface area contributed by atoms with Crippen LogP contribution < -0.4 is 20.1 Å². The molecule has 0 spiro atoms. The van der Waals surface area contributed by atoms with Crippen molar-refractivity contribution in [1.29, 1.82) is 0 Å². The molecule has 2 atom stereocenters. The third kappa shape index (κ3) is 6.94. The van der Waals surface area contributed by atoms with Gasteiger partial charge in [0, 0.05) is 32.2 Å². The van der Waals surface area contributed by atoms with E-state index in [4.69, 9.17) is 14.2 Å². The van der Waals surface area contributed by atoms with Gasteiger partial charge in [0.25, 0.3) is 0 Å². The normalized spacial score (nSPS) is 16.5. The van der Waals surface area contributed by atoms with Gasteiger partial charge >= 0.3 is 0 Å². The molecule has 2 aromatic rings. The predicted octanol–water partition coefficient (Wildman–Crippen LogP) is 1.66. The summed E-state index contributed by atoms with van der Waals surface area (Å²) in [5.74, 6) is 3.59. The first-order valence-electron chi connectivity index (χ1n) is 10.4. The van der Waals surface area contributed by atoms with Gasteiger partial charge in [0.2, 0.25) is 0 Å². The van der Waals surface area contributed by atoms with Crippen LogP contribution in [0.4, 0.5) is 0 Å². The van der Waals surface area contributed by atoms with Crippen LogP contribution in [-0.4, -0.2) is 66.3 Å². The van der Waals surface area contributed by atoms with Gasteiger partial charge in [-0.15, -0.1) is 24.0 Å². The second kappa shape index (κ2) is 12.8. The molecule has 3 rings (SSSR count). The molecule has 1 aromatic heterocycles. The Morgan fingerprint density at radius 2 is 1.97 bits per heavy atom.